The zero-order valence-corrected chi connectivity index (χ0v) is 16.0. The number of carbonyl (C=O) groups is 2. The summed E-state index contributed by atoms with van der Waals surface area (Å²) < 4.78 is 5.34. The van der Waals surface area contributed by atoms with Crippen molar-refractivity contribution in [2.45, 2.75) is 33.2 Å². The van der Waals surface area contributed by atoms with Crippen molar-refractivity contribution in [2.24, 2.45) is 0 Å². The Morgan fingerprint density at radius 3 is 2.04 bits per heavy atom. The fourth-order valence-electron chi connectivity index (χ4n) is 2.82. The maximum absolute atomic E-state index is 13.4. The Morgan fingerprint density at radius 1 is 0.923 bits per heavy atom. The van der Waals surface area contributed by atoms with Crippen LogP contribution in [-0.2, 0) is 0 Å². The quantitative estimate of drug-likeness (QED) is 0.780. The van der Waals surface area contributed by atoms with Crippen LogP contribution in [0.25, 0.3) is 0 Å². The molecule has 0 aliphatic carbocycles. The number of rotatable bonds is 4. The van der Waals surface area contributed by atoms with Gasteiger partial charge in [-0.05, 0) is 52.0 Å². The van der Waals surface area contributed by atoms with Gasteiger partial charge in [0, 0.05) is 12.1 Å². The van der Waals surface area contributed by atoms with Gasteiger partial charge in [0.15, 0.2) is 0 Å². The van der Waals surface area contributed by atoms with Crippen LogP contribution in [-0.4, -0.2) is 41.0 Å². The minimum atomic E-state index is -0.599. The van der Waals surface area contributed by atoms with E-state index in [1.54, 1.807) is 30.3 Å². The summed E-state index contributed by atoms with van der Waals surface area (Å²) in [6, 6.07) is 16.0. The number of nitrogens with zero attached hydrogens (tertiary/aromatic N) is 2. The Hall–Kier alpha value is -2.82. The maximum Gasteiger partial charge on any atom is 0.276 e. The molecule has 0 saturated carbocycles. The number of hydrazine groups is 1. The first-order chi connectivity index (χ1) is 12.3. The molecule has 0 radical (unpaired) electrons. The van der Waals surface area contributed by atoms with Gasteiger partial charge in [0.2, 0.25) is 0 Å². The molecule has 5 heteroatoms. The lowest BCUT2D eigenvalue weighted by Crippen LogP contribution is -2.58. The summed E-state index contributed by atoms with van der Waals surface area (Å²) in [5, 5.41) is 3.00. The second-order valence-electron chi connectivity index (χ2n) is 6.88. The first-order valence-electron chi connectivity index (χ1n) is 8.65. The van der Waals surface area contributed by atoms with Gasteiger partial charge in [0.1, 0.15) is 5.75 Å². The van der Waals surface area contributed by atoms with E-state index in [9.17, 15) is 9.59 Å². The fourth-order valence-corrected chi connectivity index (χ4v) is 2.82. The van der Waals surface area contributed by atoms with Gasteiger partial charge >= 0.3 is 0 Å². The molecular weight excluding hydrogens is 328 g/mol. The van der Waals surface area contributed by atoms with Crippen LogP contribution in [0.4, 0.5) is 0 Å². The smallest absolute Gasteiger partial charge is 0.276 e. The summed E-state index contributed by atoms with van der Waals surface area (Å²) in [4.78, 5) is 26.4. The summed E-state index contributed by atoms with van der Waals surface area (Å²) in [6.07, 6.45) is 0. The molecule has 0 aromatic heterocycles. The molecule has 0 spiro atoms. The van der Waals surface area contributed by atoms with Crippen molar-refractivity contribution in [2.75, 3.05) is 13.7 Å². The van der Waals surface area contributed by atoms with E-state index in [0.29, 0.717) is 23.4 Å². The predicted octanol–water partition coefficient (Wildman–Crippen LogP) is 4.01. The normalized spacial score (nSPS) is 11.0. The van der Waals surface area contributed by atoms with Crippen LogP contribution in [0.1, 0.15) is 48.4 Å². The summed E-state index contributed by atoms with van der Waals surface area (Å²) in [7, 11) is 1.53. The number of para-hydroxylation sites is 1. The summed E-state index contributed by atoms with van der Waals surface area (Å²) >= 11 is 0. The van der Waals surface area contributed by atoms with Gasteiger partial charge < -0.3 is 4.74 Å². The largest absolute Gasteiger partial charge is 0.496 e. The second-order valence-corrected chi connectivity index (χ2v) is 6.88. The third-order valence-corrected chi connectivity index (χ3v) is 3.96. The van der Waals surface area contributed by atoms with Crippen molar-refractivity contribution in [3.8, 4) is 5.75 Å². The molecule has 2 amide bonds. The predicted molar refractivity (Wildman–Crippen MR) is 102 cm³/mol. The number of benzene rings is 2. The van der Waals surface area contributed by atoms with Crippen molar-refractivity contribution < 1.29 is 14.3 Å². The van der Waals surface area contributed by atoms with Crippen molar-refractivity contribution >= 4 is 11.8 Å². The molecule has 2 aromatic carbocycles. The third-order valence-electron chi connectivity index (χ3n) is 3.96. The topological polar surface area (TPSA) is 49.9 Å². The molecule has 0 atom stereocenters. The molecule has 0 bridgehead atoms. The molecule has 2 aromatic rings. The molecule has 0 fully saturated rings. The highest BCUT2D eigenvalue weighted by molar-refractivity contribution is 6.00. The number of carbonyl (C=O) groups excluding carboxylic acids is 2. The first kappa shape index (κ1) is 19.5. The van der Waals surface area contributed by atoms with Crippen LogP contribution in [0.2, 0.25) is 0 Å². The number of hydrogen-bond acceptors (Lipinski definition) is 3. The molecular formula is C21H26N2O3. The van der Waals surface area contributed by atoms with Gasteiger partial charge in [-0.1, -0.05) is 30.3 Å². The third kappa shape index (κ3) is 4.04. The van der Waals surface area contributed by atoms with E-state index >= 15 is 0 Å². The molecule has 0 heterocycles. The van der Waals surface area contributed by atoms with E-state index in [1.165, 1.54) is 17.1 Å². The molecule has 0 unspecified atom stereocenters. The van der Waals surface area contributed by atoms with Crippen LogP contribution in [0.3, 0.4) is 0 Å². The lowest BCUT2D eigenvalue weighted by Gasteiger charge is -2.43. The number of hydrogen-bond donors (Lipinski definition) is 0. The summed E-state index contributed by atoms with van der Waals surface area (Å²) in [6.45, 7) is 7.94. The Balaban J connectivity index is 2.49. The van der Waals surface area contributed by atoms with Gasteiger partial charge in [-0.15, -0.1) is 0 Å². The second kappa shape index (κ2) is 8.04. The van der Waals surface area contributed by atoms with Crippen molar-refractivity contribution in [1.29, 1.82) is 0 Å². The van der Waals surface area contributed by atoms with E-state index in [2.05, 4.69) is 0 Å². The van der Waals surface area contributed by atoms with Gasteiger partial charge in [-0.25, -0.2) is 10.0 Å². The molecule has 2 rings (SSSR count). The minimum Gasteiger partial charge on any atom is -0.496 e. The average Bonchev–Trinajstić information content (AvgIpc) is 2.64. The van der Waals surface area contributed by atoms with Crippen molar-refractivity contribution in [1.82, 2.24) is 10.0 Å². The number of ether oxygens (including phenoxy) is 1. The van der Waals surface area contributed by atoms with E-state index in [1.807, 2.05) is 52.0 Å². The minimum absolute atomic E-state index is 0.216. The van der Waals surface area contributed by atoms with Gasteiger partial charge in [0.05, 0.1) is 18.2 Å². The monoisotopic (exact) mass is 354 g/mol. The Bertz CT molecular complexity index is 766. The standard InChI is InChI=1S/C21H26N2O3/c1-6-22(19(24)16-12-8-7-9-13-16)23(21(2,3)4)20(25)17-14-10-11-15-18(17)26-5/h7-15H,6H2,1-5H3. The molecule has 0 saturated heterocycles. The lowest BCUT2D eigenvalue weighted by atomic mass is 10.1. The molecule has 0 N–H and O–H groups in total. The van der Waals surface area contributed by atoms with Crippen LogP contribution in [0, 0.1) is 0 Å². The zero-order chi connectivity index (χ0) is 19.3. The lowest BCUT2D eigenvalue weighted by molar-refractivity contribution is -0.0412. The van der Waals surface area contributed by atoms with E-state index in [0.717, 1.165) is 0 Å². The highest BCUT2D eigenvalue weighted by Gasteiger charge is 2.36. The summed E-state index contributed by atoms with van der Waals surface area (Å²) in [5.41, 5.74) is 0.360. The molecule has 5 nitrogen and oxygen atoms in total. The van der Waals surface area contributed by atoms with E-state index in [-0.39, 0.29) is 11.8 Å². The van der Waals surface area contributed by atoms with Crippen LogP contribution in [0.5, 0.6) is 5.75 Å². The zero-order valence-electron chi connectivity index (χ0n) is 16.0. The molecule has 0 aliphatic rings. The van der Waals surface area contributed by atoms with Gasteiger partial charge in [-0.2, -0.15) is 0 Å². The number of amides is 2. The van der Waals surface area contributed by atoms with Gasteiger partial charge in [0.25, 0.3) is 11.8 Å². The Morgan fingerprint density at radius 2 is 1.50 bits per heavy atom. The van der Waals surface area contributed by atoms with E-state index < -0.39 is 5.54 Å². The molecule has 0 aliphatic heterocycles. The maximum atomic E-state index is 13.4. The SMILES string of the molecule is CCN(C(=O)c1ccccc1)N(C(=O)c1ccccc1OC)C(C)(C)C. The fraction of sp³-hybridized carbons (Fsp3) is 0.333. The van der Waals surface area contributed by atoms with Crippen molar-refractivity contribution in [3.05, 3.63) is 65.7 Å². The van der Waals surface area contributed by atoms with Gasteiger partial charge in [-0.3, -0.25) is 9.59 Å². The van der Waals surface area contributed by atoms with Crippen LogP contribution in [0.15, 0.2) is 54.6 Å². The average molecular weight is 354 g/mol. The van der Waals surface area contributed by atoms with Crippen LogP contribution < -0.4 is 4.74 Å². The first-order valence-corrected chi connectivity index (χ1v) is 8.65. The van der Waals surface area contributed by atoms with E-state index in [4.69, 9.17) is 4.74 Å². The summed E-state index contributed by atoms with van der Waals surface area (Å²) in [5.74, 6) is -0.0117. The highest BCUT2D eigenvalue weighted by Crippen LogP contribution is 2.26. The Kier molecular flexibility index (Phi) is 6.03. The highest BCUT2D eigenvalue weighted by atomic mass is 16.5. The Labute approximate surface area is 155 Å². The van der Waals surface area contributed by atoms with Crippen LogP contribution >= 0.6 is 0 Å². The van der Waals surface area contributed by atoms with Crippen molar-refractivity contribution in [3.63, 3.8) is 0 Å². The molecule has 138 valence electrons. The number of methoxy groups -OCH3 is 1. The molecule has 26 heavy (non-hydrogen) atoms.